The van der Waals surface area contributed by atoms with Gasteiger partial charge in [-0.05, 0) is 6.92 Å². The van der Waals surface area contributed by atoms with E-state index in [9.17, 15) is 4.79 Å². The van der Waals surface area contributed by atoms with Crippen LogP contribution in [0.15, 0.2) is 0 Å². The van der Waals surface area contributed by atoms with Gasteiger partial charge < -0.3 is 14.2 Å². The average molecular weight is 174 g/mol. The molecule has 0 saturated carbocycles. The Bertz CT molecular complexity index is 180. The normalized spacial score (nSPS) is 33.1. The van der Waals surface area contributed by atoms with E-state index in [1.54, 1.807) is 7.11 Å². The highest BCUT2D eigenvalue weighted by atomic mass is 16.7. The molecule has 1 aliphatic rings. The highest BCUT2D eigenvalue weighted by Gasteiger charge is 2.57. The lowest BCUT2D eigenvalue weighted by atomic mass is 10.0. The van der Waals surface area contributed by atoms with Gasteiger partial charge in [-0.1, -0.05) is 0 Å². The van der Waals surface area contributed by atoms with Gasteiger partial charge in [-0.25, -0.2) is 4.79 Å². The molecular weight excluding hydrogens is 160 g/mol. The third kappa shape index (κ3) is 1.76. The van der Waals surface area contributed by atoms with Crippen LogP contribution < -0.4 is 0 Å². The van der Waals surface area contributed by atoms with E-state index in [0.717, 1.165) is 6.42 Å². The number of epoxide rings is 1. The fraction of sp³-hybridized carbons (Fsp3) is 0.875. The van der Waals surface area contributed by atoms with Crippen molar-refractivity contribution in [3.05, 3.63) is 0 Å². The first kappa shape index (κ1) is 9.48. The average Bonchev–Trinajstić information content (AvgIpc) is 2.74. The predicted molar refractivity (Wildman–Crippen MR) is 41.8 cm³/mol. The summed E-state index contributed by atoms with van der Waals surface area (Å²) in [5.41, 5.74) is -0.358. The molecule has 0 spiro atoms. The summed E-state index contributed by atoms with van der Waals surface area (Å²) in [5, 5.41) is 0. The van der Waals surface area contributed by atoms with Crippen molar-refractivity contribution < 1.29 is 19.0 Å². The first-order valence-corrected chi connectivity index (χ1v) is 3.88. The van der Waals surface area contributed by atoms with E-state index in [1.165, 1.54) is 7.11 Å². The molecule has 0 bridgehead atoms. The zero-order valence-electron chi connectivity index (χ0n) is 7.62. The summed E-state index contributed by atoms with van der Waals surface area (Å²) in [7, 11) is 2.99. The van der Waals surface area contributed by atoms with Crippen LogP contribution in [0.3, 0.4) is 0 Å². The third-order valence-electron chi connectivity index (χ3n) is 2.10. The molecule has 1 heterocycles. The topological polar surface area (TPSA) is 48.1 Å². The van der Waals surface area contributed by atoms with E-state index in [4.69, 9.17) is 9.47 Å². The number of rotatable bonds is 4. The van der Waals surface area contributed by atoms with E-state index >= 15 is 0 Å². The largest absolute Gasteiger partial charge is 0.467 e. The van der Waals surface area contributed by atoms with Crippen molar-refractivity contribution in [3.8, 4) is 0 Å². The maximum Gasteiger partial charge on any atom is 0.338 e. The smallest absolute Gasteiger partial charge is 0.338 e. The molecule has 4 nitrogen and oxygen atoms in total. The summed E-state index contributed by atoms with van der Waals surface area (Å²) in [4.78, 5) is 11.0. The van der Waals surface area contributed by atoms with Gasteiger partial charge >= 0.3 is 5.97 Å². The van der Waals surface area contributed by atoms with Crippen molar-refractivity contribution in [2.75, 3.05) is 20.8 Å². The maximum atomic E-state index is 11.0. The van der Waals surface area contributed by atoms with Gasteiger partial charge in [0.05, 0.1) is 7.11 Å². The summed E-state index contributed by atoms with van der Waals surface area (Å²) < 4.78 is 14.6. The van der Waals surface area contributed by atoms with Crippen molar-refractivity contribution in [3.63, 3.8) is 0 Å². The van der Waals surface area contributed by atoms with Gasteiger partial charge in [0.25, 0.3) is 0 Å². The second-order valence-electron chi connectivity index (χ2n) is 3.08. The number of carbonyl (C=O) groups is 1. The zero-order chi connectivity index (χ0) is 9.19. The minimum atomic E-state index is -0.391. The van der Waals surface area contributed by atoms with Gasteiger partial charge in [0.2, 0.25) is 0 Å². The molecular formula is C8H14O4. The summed E-state index contributed by atoms with van der Waals surface area (Å²) >= 11 is 0. The molecule has 0 aromatic heterocycles. The van der Waals surface area contributed by atoms with E-state index in [-0.39, 0.29) is 11.6 Å². The van der Waals surface area contributed by atoms with Crippen LogP contribution in [-0.4, -0.2) is 38.5 Å². The molecule has 0 radical (unpaired) electrons. The number of hydrogen-bond acceptors (Lipinski definition) is 4. The second-order valence-corrected chi connectivity index (χ2v) is 3.08. The van der Waals surface area contributed by atoms with Gasteiger partial charge in [0, 0.05) is 20.1 Å². The summed E-state index contributed by atoms with van der Waals surface area (Å²) in [6.07, 6.45) is 0.334. The van der Waals surface area contributed by atoms with Crippen LogP contribution in [0.5, 0.6) is 0 Å². The van der Waals surface area contributed by atoms with Crippen molar-refractivity contribution in [1.82, 2.24) is 0 Å². The molecule has 4 heteroatoms. The molecule has 2 unspecified atom stereocenters. The summed E-state index contributed by atoms with van der Waals surface area (Å²) in [6.45, 7) is 2.48. The Morgan fingerprint density at radius 1 is 1.58 bits per heavy atom. The molecule has 0 aliphatic carbocycles. The Hall–Kier alpha value is -0.610. The number of carbonyl (C=O) groups excluding carboxylic acids is 1. The molecule has 1 fully saturated rings. The molecule has 2 atom stereocenters. The SMILES string of the molecule is COCCC1(C)OC1C(=O)OC. The van der Waals surface area contributed by atoms with Gasteiger partial charge in [-0.3, -0.25) is 0 Å². The van der Waals surface area contributed by atoms with Gasteiger partial charge in [0.15, 0.2) is 6.10 Å². The van der Waals surface area contributed by atoms with E-state index in [2.05, 4.69) is 4.74 Å². The van der Waals surface area contributed by atoms with Crippen LogP contribution in [0.4, 0.5) is 0 Å². The molecule has 70 valence electrons. The fourth-order valence-corrected chi connectivity index (χ4v) is 1.13. The van der Waals surface area contributed by atoms with E-state index < -0.39 is 6.10 Å². The molecule has 1 rings (SSSR count). The van der Waals surface area contributed by atoms with E-state index in [1.807, 2.05) is 6.92 Å². The quantitative estimate of drug-likeness (QED) is 0.456. The Labute approximate surface area is 71.8 Å². The Kier molecular flexibility index (Phi) is 2.69. The van der Waals surface area contributed by atoms with Gasteiger partial charge in [-0.15, -0.1) is 0 Å². The predicted octanol–water partition coefficient (Wildman–Crippen LogP) is 0.353. The lowest BCUT2D eigenvalue weighted by Crippen LogP contribution is -2.20. The molecule has 0 aromatic rings. The van der Waals surface area contributed by atoms with E-state index in [0.29, 0.717) is 6.61 Å². The molecule has 0 aromatic carbocycles. The van der Waals surface area contributed by atoms with Crippen molar-refractivity contribution >= 4 is 5.97 Å². The number of ether oxygens (including phenoxy) is 3. The van der Waals surface area contributed by atoms with Crippen LogP contribution >= 0.6 is 0 Å². The third-order valence-corrected chi connectivity index (χ3v) is 2.10. The van der Waals surface area contributed by atoms with Crippen LogP contribution in [-0.2, 0) is 19.0 Å². The molecule has 0 amide bonds. The lowest BCUT2D eigenvalue weighted by molar-refractivity contribution is -0.142. The Morgan fingerprint density at radius 2 is 2.25 bits per heavy atom. The van der Waals surface area contributed by atoms with Crippen LogP contribution in [0.1, 0.15) is 13.3 Å². The fourth-order valence-electron chi connectivity index (χ4n) is 1.13. The van der Waals surface area contributed by atoms with Crippen molar-refractivity contribution in [2.45, 2.75) is 25.0 Å². The first-order chi connectivity index (χ1) is 5.64. The Balaban J connectivity index is 2.32. The lowest BCUT2D eigenvalue weighted by Gasteiger charge is -2.03. The van der Waals surface area contributed by atoms with Crippen molar-refractivity contribution in [2.24, 2.45) is 0 Å². The zero-order valence-corrected chi connectivity index (χ0v) is 7.62. The van der Waals surface area contributed by atoms with Crippen LogP contribution in [0.25, 0.3) is 0 Å². The number of methoxy groups -OCH3 is 2. The monoisotopic (exact) mass is 174 g/mol. The van der Waals surface area contributed by atoms with Crippen LogP contribution in [0, 0.1) is 0 Å². The van der Waals surface area contributed by atoms with Crippen molar-refractivity contribution in [1.29, 1.82) is 0 Å². The molecule has 1 aliphatic heterocycles. The highest BCUT2D eigenvalue weighted by molar-refractivity contribution is 5.79. The summed E-state index contributed by atoms with van der Waals surface area (Å²) in [5.74, 6) is -0.298. The summed E-state index contributed by atoms with van der Waals surface area (Å²) in [6, 6.07) is 0. The van der Waals surface area contributed by atoms with Gasteiger partial charge in [-0.2, -0.15) is 0 Å². The highest BCUT2D eigenvalue weighted by Crippen LogP contribution is 2.39. The minimum absolute atomic E-state index is 0.298. The first-order valence-electron chi connectivity index (χ1n) is 3.88. The second kappa shape index (κ2) is 3.41. The van der Waals surface area contributed by atoms with Crippen LogP contribution in [0.2, 0.25) is 0 Å². The molecule has 12 heavy (non-hydrogen) atoms. The van der Waals surface area contributed by atoms with Gasteiger partial charge in [0.1, 0.15) is 5.60 Å². The number of esters is 1. The minimum Gasteiger partial charge on any atom is -0.467 e. The molecule has 1 saturated heterocycles. The number of hydrogen-bond donors (Lipinski definition) is 0. The Morgan fingerprint density at radius 3 is 2.75 bits per heavy atom. The molecule has 0 N–H and O–H groups in total. The maximum absolute atomic E-state index is 11.0. The standard InChI is InChI=1S/C8H14O4/c1-8(4-5-10-2)6(12-8)7(9)11-3/h6H,4-5H2,1-3H3.